The van der Waals surface area contributed by atoms with E-state index in [9.17, 15) is 5.11 Å². The van der Waals surface area contributed by atoms with Crippen LogP contribution in [0.2, 0.25) is 0 Å². The summed E-state index contributed by atoms with van der Waals surface area (Å²) in [5.74, 6) is 1.16. The molecule has 0 amide bonds. The van der Waals surface area contributed by atoms with Crippen molar-refractivity contribution in [3.8, 4) is 0 Å². The molecule has 1 N–H and O–H groups in total. The van der Waals surface area contributed by atoms with Crippen LogP contribution in [-0.2, 0) is 0 Å². The zero-order valence-electron chi connectivity index (χ0n) is 10.1. The van der Waals surface area contributed by atoms with E-state index in [-0.39, 0.29) is 0 Å². The molecule has 0 aromatic rings. The van der Waals surface area contributed by atoms with E-state index in [2.05, 4.69) is 32.6 Å². The second-order valence-electron chi connectivity index (χ2n) is 5.32. The maximum Gasteiger partial charge on any atom is 0.0922 e. The average Bonchev–Trinajstić information content (AvgIpc) is 2.01. The third-order valence-corrected chi connectivity index (χ3v) is 3.42. The van der Waals surface area contributed by atoms with E-state index >= 15 is 0 Å². The highest BCUT2D eigenvalue weighted by molar-refractivity contribution is 4.97. The molecule has 2 heteroatoms. The van der Waals surface area contributed by atoms with Crippen molar-refractivity contribution in [3.05, 3.63) is 0 Å². The SMILES string of the molecule is CCCC(C)CN1CC(O)(C(C)C)C1. The van der Waals surface area contributed by atoms with Crippen LogP contribution in [0.3, 0.4) is 0 Å². The molecule has 84 valence electrons. The Bertz CT molecular complexity index is 173. The van der Waals surface area contributed by atoms with Crippen LogP contribution >= 0.6 is 0 Å². The molecule has 1 unspecified atom stereocenters. The zero-order chi connectivity index (χ0) is 10.8. The first-order valence-corrected chi connectivity index (χ1v) is 5.92. The normalized spacial score (nSPS) is 23.6. The van der Waals surface area contributed by atoms with Crippen molar-refractivity contribution in [1.82, 2.24) is 4.90 Å². The van der Waals surface area contributed by atoms with E-state index in [0.717, 1.165) is 25.6 Å². The number of aliphatic hydroxyl groups is 1. The van der Waals surface area contributed by atoms with Gasteiger partial charge in [0.2, 0.25) is 0 Å². The van der Waals surface area contributed by atoms with Gasteiger partial charge in [-0.05, 0) is 18.3 Å². The van der Waals surface area contributed by atoms with Crippen LogP contribution in [0.5, 0.6) is 0 Å². The van der Waals surface area contributed by atoms with E-state index in [0.29, 0.717) is 5.92 Å². The molecule has 1 aliphatic rings. The summed E-state index contributed by atoms with van der Waals surface area (Å²) in [6, 6.07) is 0. The summed E-state index contributed by atoms with van der Waals surface area (Å²) >= 11 is 0. The Morgan fingerprint density at radius 1 is 1.29 bits per heavy atom. The van der Waals surface area contributed by atoms with Gasteiger partial charge in [0, 0.05) is 19.6 Å². The van der Waals surface area contributed by atoms with Gasteiger partial charge in [0.15, 0.2) is 0 Å². The van der Waals surface area contributed by atoms with Crippen LogP contribution in [0.1, 0.15) is 40.5 Å². The molecule has 0 radical (unpaired) electrons. The molecule has 0 aromatic heterocycles. The standard InChI is InChI=1S/C12H25NO/c1-5-6-11(4)7-13-8-12(14,9-13)10(2)3/h10-11,14H,5-9H2,1-4H3. The first-order chi connectivity index (χ1) is 6.48. The fourth-order valence-electron chi connectivity index (χ4n) is 2.25. The number of likely N-dealkylation sites (tertiary alicyclic amines) is 1. The van der Waals surface area contributed by atoms with Gasteiger partial charge in [-0.2, -0.15) is 0 Å². The smallest absolute Gasteiger partial charge is 0.0922 e. The minimum Gasteiger partial charge on any atom is -0.387 e. The molecule has 0 aromatic carbocycles. The highest BCUT2D eigenvalue weighted by atomic mass is 16.3. The Kier molecular flexibility index (Phi) is 3.96. The third kappa shape index (κ3) is 2.71. The second-order valence-corrected chi connectivity index (χ2v) is 5.32. The van der Waals surface area contributed by atoms with E-state index < -0.39 is 5.60 Å². The molecular weight excluding hydrogens is 174 g/mol. The summed E-state index contributed by atoms with van der Waals surface area (Å²) in [5.41, 5.74) is -0.397. The Balaban J connectivity index is 2.21. The highest BCUT2D eigenvalue weighted by Crippen LogP contribution is 2.29. The van der Waals surface area contributed by atoms with Gasteiger partial charge >= 0.3 is 0 Å². The predicted molar refractivity (Wildman–Crippen MR) is 60.3 cm³/mol. The van der Waals surface area contributed by atoms with Crippen LogP contribution in [0, 0.1) is 11.8 Å². The maximum absolute atomic E-state index is 10.1. The first-order valence-electron chi connectivity index (χ1n) is 5.92. The van der Waals surface area contributed by atoms with Crippen molar-refractivity contribution in [2.45, 2.75) is 46.1 Å². The number of β-amino-alcohol motifs (C(OH)–C–C–N with tert-alkyl or cyclic N) is 1. The molecule has 0 aliphatic carbocycles. The molecule has 1 fully saturated rings. The summed E-state index contributed by atoms with van der Waals surface area (Å²) in [4.78, 5) is 2.38. The number of rotatable bonds is 5. The second kappa shape index (κ2) is 4.63. The minimum atomic E-state index is -0.397. The van der Waals surface area contributed by atoms with Crippen molar-refractivity contribution in [3.63, 3.8) is 0 Å². The van der Waals surface area contributed by atoms with Gasteiger partial charge in [0.1, 0.15) is 0 Å². The zero-order valence-corrected chi connectivity index (χ0v) is 10.1. The summed E-state index contributed by atoms with van der Waals surface area (Å²) in [6.07, 6.45) is 2.57. The molecule has 1 atom stereocenters. The molecule has 0 spiro atoms. The van der Waals surface area contributed by atoms with Crippen LogP contribution in [0.25, 0.3) is 0 Å². The Morgan fingerprint density at radius 2 is 1.86 bits per heavy atom. The minimum absolute atomic E-state index is 0.389. The molecule has 0 saturated carbocycles. The van der Waals surface area contributed by atoms with E-state index in [1.807, 2.05) is 0 Å². The molecule has 1 rings (SSSR count). The summed E-state index contributed by atoms with van der Waals surface area (Å²) < 4.78 is 0. The van der Waals surface area contributed by atoms with Crippen LogP contribution in [-0.4, -0.2) is 35.2 Å². The van der Waals surface area contributed by atoms with Gasteiger partial charge < -0.3 is 5.11 Å². The van der Waals surface area contributed by atoms with Gasteiger partial charge in [0.05, 0.1) is 5.60 Å². The molecule has 14 heavy (non-hydrogen) atoms. The van der Waals surface area contributed by atoms with Gasteiger partial charge in [-0.1, -0.05) is 34.1 Å². The van der Waals surface area contributed by atoms with Gasteiger partial charge in [-0.25, -0.2) is 0 Å². The molecule has 1 heterocycles. The molecule has 2 nitrogen and oxygen atoms in total. The van der Waals surface area contributed by atoms with Crippen LogP contribution < -0.4 is 0 Å². The lowest BCUT2D eigenvalue weighted by atomic mass is 9.82. The molecule has 0 bridgehead atoms. The molecule has 1 aliphatic heterocycles. The van der Waals surface area contributed by atoms with Gasteiger partial charge in [-0.15, -0.1) is 0 Å². The van der Waals surface area contributed by atoms with Crippen LogP contribution in [0.4, 0.5) is 0 Å². The Labute approximate surface area is 88.3 Å². The van der Waals surface area contributed by atoms with E-state index in [4.69, 9.17) is 0 Å². The monoisotopic (exact) mass is 199 g/mol. The Hall–Kier alpha value is -0.0800. The predicted octanol–water partition coefficient (Wildman–Crippen LogP) is 2.13. The fraction of sp³-hybridized carbons (Fsp3) is 1.00. The fourth-order valence-corrected chi connectivity index (χ4v) is 2.25. The maximum atomic E-state index is 10.1. The van der Waals surface area contributed by atoms with E-state index in [1.165, 1.54) is 12.8 Å². The van der Waals surface area contributed by atoms with Gasteiger partial charge in [-0.3, -0.25) is 4.90 Å². The quantitative estimate of drug-likeness (QED) is 0.733. The largest absolute Gasteiger partial charge is 0.387 e. The lowest BCUT2D eigenvalue weighted by molar-refractivity contribution is -0.130. The topological polar surface area (TPSA) is 23.5 Å². The third-order valence-electron chi connectivity index (χ3n) is 3.42. The summed E-state index contributed by atoms with van der Waals surface area (Å²) in [7, 11) is 0. The molecular formula is C12H25NO. The average molecular weight is 199 g/mol. The lowest BCUT2D eigenvalue weighted by Gasteiger charge is -2.50. The number of hydrogen-bond donors (Lipinski definition) is 1. The summed E-state index contributed by atoms with van der Waals surface area (Å²) in [5, 5.41) is 10.1. The Morgan fingerprint density at radius 3 is 2.29 bits per heavy atom. The van der Waals surface area contributed by atoms with Crippen molar-refractivity contribution in [2.24, 2.45) is 11.8 Å². The van der Waals surface area contributed by atoms with Crippen molar-refractivity contribution >= 4 is 0 Å². The van der Waals surface area contributed by atoms with Gasteiger partial charge in [0.25, 0.3) is 0 Å². The van der Waals surface area contributed by atoms with Crippen molar-refractivity contribution < 1.29 is 5.11 Å². The number of nitrogens with zero attached hydrogens (tertiary/aromatic N) is 1. The van der Waals surface area contributed by atoms with Crippen molar-refractivity contribution in [2.75, 3.05) is 19.6 Å². The van der Waals surface area contributed by atoms with Crippen LogP contribution in [0.15, 0.2) is 0 Å². The first kappa shape index (κ1) is 12.0. The summed E-state index contributed by atoms with van der Waals surface area (Å²) in [6.45, 7) is 11.6. The van der Waals surface area contributed by atoms with Crippen molar-refractivity contribution in [1.29, 1.82) is 0 Å². The van der Waals surface area contributed by atoms with E-state index in [1.54, 1.807) is 0 Å². The number of hydrogen-bond acceptors (Lipinski definition) is 2. The molecule has 1 saturated heterocycles. The highest BCUT2D eigenvalue weighted by Gasteiger charge is 2.43. The lowest BCUT2D eigenvalue weighted by Crippen LogP contribution is -2.65.